The summed E-state index contributed by atoms with van der Waals surface area (Å²) in [5.41, 5.74) is 6.21. The van der Waals surface area contributed by atoms with E-state index in [1.54, 1.807) is 13.8 Å². The van der Waals surface area contributed by atoms with Crippen LogP contribution in [0.2, 0.25) is 0 Å². The lowest BCUT2D eigenvalue weighted by molar-refractivity contribution is 0.315. The highest BCUT2D eigenvalue weighted by atomic mass is 32.2. The normalized spacial score (nSPS) is 22.9. The van der Waals surface area contributed by atoms with Crippen LogP contribution in [0.5, 0.6) is 0 Å². The van der Waals surface area contributed by atoms with Crippen LogP contribution >= 0.6 is 0 Å². The lowest BCUT2D eigenvalue weighted by atomic mass is 10.1. The lowest BCUT2D eigenvalue weighted by Gasteiger charge is -2.29. The van der Waals surface area contributed by atoms with Crippen molar-refractivity contribution in [3.63, 3.8) is 0 Å². The SMILES string of the molecule is Cc1noc(C)c1S(=O)(=O)N1CCCC(N)C1. The van der Waals surface area contributed by atoms with Gasteiger partial charge in [-0.2, -0.15) is 4.31 Å². The van der Waals surface area contributed by atoms with Gasteiger partial charge in [-0.1, -0.05) is 5.16 Å². The zero-order valence-corrected chi connectivity index (χ0v) is 10.8. The van der Waals surface area contributed by atoms with Gasteiger partial charge in [-0.25, -0.2) is 8.42 Å². The number of nitrogens with zero attached hydrogens (tertiary/aromatic N) is 2. The van der Waals surface area contributed by atoms with Gasteiger partial charge in [0.2, 0.25) is 10.0 Å². The molecule has 1 saturated heterocycles. The van der Waals surface area contributed by atoms with Crippen LogP contribution in [0.25, 0.3) is 0 Å². The maximum Gasteiger partial charge on any atom is 0.248 e. The first-order chi connectivity index (χ1) is 7.93. The number of sulfonamides is 1. The van der Waals surface area contributed by atoms with Crippen LogP contribution in [0.1, 0.15) is 24.3 Å². The van der Waals surface area contributed by atoms with Gasteiger partial charge in [-0.15, -0.1) is 0 Å². The molecule has 0 aliphatic carbocycles. The van der Waals surface area contributed by atoms with Gasteiger partial charge in [-0.3, -0.25) is 0 Å². The van der Waals surface area contributed by atoms with E-state index in [9.17, 15) is 8.42 Å². The Bertz CT molecular complexity index is 489. The zero-order valence-electron chi connectivity index (χ0n) is 10.0. The van der Waals surface area contributed by atoms with Gasteiger partial charge < -0.3 is 10.3 Å². The van der Waals surface area contributed by atoms with Crippen LogP contribution in [0.4, 0.5) is 0 Å². The third-order valence-corrected chi connectivity index (χ3v) is 5.10. The maximum absolute atomic E-state index is 12.4. The largest absolute Gasteiger partial charge is 0.360 e. The highest BCUT2D eigenvalue weighted by Crippen LogP contribution is 2.25. The number of aryl methyl sites for hydroxylation is 2. The second kappa shape index (κ2) is 4.40. The van der Waals surface area contributed by atoms with Crippen molar-refractivity contribution < 1.29 is 12.9 Å². The molecule has 2 N–H and O–H groups in total. The van der Waals surface area contributed by atoms with E-state index in [1.165, 1.54) is 4.31 Å². The van der Waals surface area contributed by atoms with Crippen LogP contribution in [0.15, 0.2) is 9.42 Å². The van der Waals surface area contributed by atoms with Gasteiger partial charge in [-0.05, 0) is 26.7 Å². The summed E-state index contributed by atoms with van der Waals surface area (Å²) in [6, 6.07) is -0.0843. The molecule has 17 heavy (non-hydrogen) atoms. The minimum absolute atomic E-state index is 0.0843. The average molecular weight is 259 g/mol. The molecular weight excluding hydrogens is 242 g/mol. The maximum atomic E-state index is 12.4. The van der Waals surface area contributed by atoms with Gasteiger partial charge in [0.05, 0.1) is 0 Å². The smallest absolute Gasteiger partial charge is 0.248 e. The van der Waals surface area contributed by atoms with Gasteiger partial charge in [0.25, 0.3) is 0 Å². The number of rotatable bonds is 2. The summed E-state index contributed by atoms with van der Waals surface area (Å²) in [6.45, 7) is 4.12. The van der Waals surface area contributed by atoms with E-state index in [1.807, 2.05) is 0 Å². The standard InChI is InChI=1S/C10H17N3O3S/c1-7-10(8(2)16-12-7)17(14,15)13-5-3-4-9(11)6-13/h9H,3-6,11H2,1-2H3. The van der Waals surface area contributed by atoms with E-state index in [4.69, 9.17) is 10.3 Å². The van der Waals surface area contributed by atoms with Crippen molar-refractivity contribution >= 4 is 10.0 Å². The Labute approximate surface area is 101 Å². The minimum atomic E-state index is -3.52. The van der Waals surface area contributed by atoms with E-state index in [0.717, 1.165) is 12.8 Å². The molecule has 1 unspecified atom stereocenters. The first-order valence-electron chi connectivity index (χ1n) is 5.61. The van der Waals surface area contributed by atoms with Crippen molar-refractivity contribution in [2.75, 3.05) is 13.1 Å². The molecule has 0 saturated carbocycles. The second-order valence-corrected chi connectivity index (χ2v) is 6.29. The molecule has 0 aromatic carbocycles. The van der Waals surface area contributed by atoms with Crippen molar-refractivity contribution in [1.82, 2.24) is 9.46 Å². The summed E-state index contributed by atoms with van der Waals surface area (Å²) in [5.74, 6) is 0.335. The first-order valence-corrected chi connectivity index (χ1v) is 7.05. The van der Waals surface area contributed by atoms with E-state index in [0.29, 0.717) is 24.5 Å². The van der Waals surface area contributed by atoms with Crippen molar-refractivity contribution in [1.29, 1.82) is 0 Å². The highest BCUT2D eigenvalue weighted by Gasteiger charge is 2.33. The Kier molecular flexibility index (Phi) is 3.24. The third kappa shape index (κ3) is 2.22. The van der Waals surface area contributed by atoms with Crippen molar-refractivity contribution in [3.05, 3.63) is 11.5 Å². The van der Waals surface area contributed by atoms with Gasteiger partial charge in [0, 0.05) is 19.1 Å². The predicted octanol–water partition coefficient (Wildman–Crippen LogP) is 0.403. The molecule has 1 aromatic heterocycles. The molecule has 96 valence electrons. The van der Waals surface area contributed by atoms with Crippen LogP contribution in [0.3, 0.4) is 0 Å². The quantitative estimate of drug-likeness (QED) is 0.830. The molecule has 0 bridgehead atoms. The summed E-state index contributed by atoms with van der Waals surface area (Å²) in [7, 11) is -3.52. The Balaban J connectivity index is 2.36. The molecule has 1 aliphatic rings. The minimum Gasteiger partial charge on any atom is -0.360 e. The third-order valence-electron chi connectivity index (χ3n) is 2.99. The number of hydrogen-bond donors (Lipinski definition) is 1. The second-order valence-electron chi connectivity index (χ2n) is 4.42. The summed E-state index contributed by atoms with van der Waals surface area (Å²) in [6.07, 6.45) is 1.66. The van der Waals surface area contributed by atoms with Crippen molar-refractivity contribution in [3.8, 4) is 0 Å². The molecule has 1 atom stereocenters. The van der Waals surface area contributed by atoms with Crippen LogP contribution in [-0.2, 0) is 10.0 Å². The number of aromatic nitrogens is 1. The van der Waals surface area contributed by atoms with Crippen LogP contribution < -0.4 is 5.73 Å². The van der Waals surface area contributed by atoms with Crippen molar-refractivity contribution in [2.24, 2.45) is 5.73 Å². The van der Waals surface area contributed by atoms with E-state index in [2.05, 4.69) is 5.16 Å². The van der Waals surface area contributed by atoms with Gasteiger partial charge in [0.15, 0.2) is 5.76 Å². The fourth-order valence-electron chi connectivity index (χ4n) is 2.16. The molecular formula is C10H17N3O3S. The lowest BCUT2D eigenvalue weighted by Crippen LogP contribution is -2.45. The van der Waals surface area contributed by atoms with E-state index >= 15 is 0 Å². The average Bonchev–Trinajstić information content (AvgIpc) is 2.59. The molecule has 0 radical (unpaired) electrons. The number of nitrogens with two attached hydrogens (primary N) is 1. The topological polar surface area (TPSA) is 89.4 Å². The fraction of sp³-hybridized carbons (Fsp3) is 0.700. The molecule has 2 heterocycles. The molecule has 0 spiro atoms. The molecule has 1 aliphatic heterocycles. The summed E-state index contributed by atoms with van der Waals surface area (Å²) >= 11 is 0. The first kappa shape index (κ1) is 12.5. The summed E-state index contributed by atoms with van der Waals surface area (Å²) < 4.78 is 31.1. The summed E-state index contributed by atoms with van der Waals surface area (Å²) in [4.78, 5) is 0.187. The van der Waals surface area contributed by atoms with Crippen LogP contribution in [0, 0.1) is 13.8 Å². The number of hydrogen-bond acceptors (Lipinski definition) is 5. The highest BCUT2D eigenvalue weighted by molar-refractivity contribution is 7.89. The summed E-state index contributed by atoms with van der Waals surface area (Å²) in [5, 5.41) is 3.68. The van der Waals surface area contributed by atoms with E-state index in [-0.39, 0.29) is 10.9 Å². The zero-order chi connectivity index (χ0) is 12.6. The Hall–Kier alpha value is -0.920. The molecule has 1 aromatic rings. The van der Waals surface area contributed by atoms with Gasteiger partial charge >= 0.3 is 0 Å². The predicted molar refractivity (Wildman–Crippen MR) is 61.9 cm³/mol. The Morgan fingerprint density at radius 2 is 2.18 bits per heavy atom. The van der Waals surface area contributed by atoms with Crippen molar-refractivity contribution in [2.45, 2.75) is 37.6 Å². The fourth-order valence-corrected chi connectivity index (χ4v) is 3.99. The molecule has 6 nitrogen and oxygen atoms in total. The van der Waals surface area contributed by atoms with Crippen LogP contribution in [-0.4, -0.2) is 37.0 Å². The molecule has 0 amide bonds. The monoisotopic (exact) mass is 259 g/mol. The Morgan fingerprint density at radius 3 is 2.71 bits per heavy atom. The molecule has 7 heteroatoms. The number of piperidine rings is 1. The van der Waals surface area contributed by atoms with Gasteiger partial charge in [0.1, 0.15) is 10.6 Å². The van der Waals surface area contributed by atoms with E-state index < -0.39 is 10.0 Å². The molecule has 2 rings (SSSR count). The molecule has 1 fully saturated rings. The Morgan fingerprint density at radius 1 is 1.47 bits per heavy atom.